The van der Waals surface area contributed by atoms with Crippen LogP contribution < -0.4 is 5.32 Å². The summed E-state index contributed by atoms with van der Waals surface area (Å²) in [6.07, 6.45) is 0. The fourth-order valence-corrected chi connectivity index (χ4v) is 5.08. The highest BCUT2D eigenvalue weighted by Gasteiger charge is 2.37. The normalized spacial score (nSPS) is 16.1. The second kappa shape index (κ2) is 9.95. The molecule has 36 heavy (non-hydrogen) atoms. The lowest BCUT2D eigenvalue weighted by atomic mass is 9.96. The SMILES string of the molecule is CC(C)N1C(=O)c2ccc(NC(=O)N3CCN(C(c4ccccc4)c4ccccc4)CC3)cc2C1=O. The number of carbonyl (C=O) groups excluding carboxylic acids is 3. The van der Waals surface area contributed by atoms with Gasteiger partial charge in [0.2, 0.25) is 0 Å². The highest BCUT2D eigenvalue weighted by molar-refractivity contribution is 6.22. The molecule has 0 atom stereocenters. The van der Waals surface area contributed by atoms with Crippen LogP contribution in [0.25, 0.3) is 0 Å². The number of rotatable bonds is 5. The molecule has 3 aromatic rings. The molecule has 0 radical (unpaired) electrons. The molecule has 0 aliphatic carbocycles. The topological polar surface area (TPSA) is 73.0 Å². The molecule has 2 aliphatic rings. The molecule has 0 bridgehead atoms. The van der Waals surface area contributed by atoms with Crippen LogP contribution in [0.1, 0.15) is 51.7 Å². The first kappa shape index (κ1) is 23.8. The Morgan fingerprint density at radius 2 is 1.31 bits per heavy atom. The van der Waals surface area contributed by atoms with Gasteiger partial charge in [-0.1, -0.05) is 60.7 Å². The van der Waals surface area contributed by atoms with Crippen LogP contribution in [0.5, 0.6) is 0 Å². The van der Waals surface area contributed by atoms with Crippen LogP contribution in [-0.2, 0) is 0 Å². The number of fused-ring (bicyclic) bond motifs is 1. The quantitative estimate of drug-likeness (QED) is 0.538. The van der Waals surface area contributed by atoms with Gasteiger partial charge in [-0.3, -0.25) is 19.4 Å². The number of piperazine rings is 1. The summed E-state index contributed by atoms with van der Waals surface area (Å²) in [6, 6.07) is 25.5. The average molecular weight is 483 g/mol. The zero-order valence-corrected chi connectivity index (χ0v) is 20.6. The zero-order chi connectivity index (χ0) is 25.2. The van der Waals surface area contributed by atoms with E-state index in [2.05, 4.69) is 58.7 Å². The van der Waals surface area contributed by atoms with Gasteiger partial charge in [0.25, 0.3) is 11.8 Å². The van der Waals surface area contributed by atoms with E-state index in [0.717, 1.165) is 13.1 Å². The lowest BCUT2D eigenvalue weighted by Crippen LogP contribution is -2.51. The smallest absolute Gasteiger partial charge is 0.321 e. The summed E-state index contributed by atoms with van der Waals surface area (Å²) in [4.78, 5) is 43.7. The fourth-order valence-electron chi connectivity index (χ4n) is 5.08. The number of anilines is 1. The Balaban J connectivity index is 1.26. The van der Waals surface area contributed by atoms with Gasteiger partial charge < -0.3 is 10.2 Å². The Bertz CT molecular complexity index is 1230. The third kappa shape index (κ3) is 4.50. The summed E-state index contributed by atoms with van der Waals surface area (Å²) < 4.78 is 0. The molecule has 7 heteroatoms. The van der Waals surface area contributed by atoms with Crippen LogP contribution >= 0.6 is 0 Å². The Kier molecular flexibility index (Phi) is 6.57. The van der Waals surface area contributed by atoms with Gasteiger partial charge in [0.05, 0.1) is 17.2 Å². The Labute approximate surface area is 211 Å². The van der Waals surface area contributed by atoms with Crippen molar-refractivity contribution in [3.05, 3.63) is 101 Å². The molecule has 0 saturated carbocycles. The summed E-state index contributed by atoms with van der Waals surface area (Å²) >= 11 is 0. The van der Waals surface area contributed by atoms with Crippen molar-refractivity contribution >= 4 is 23.5 Å². The van der Waals surface area contributed by atoms with E-state index in [-0.39, 0.29) is 29.9 Å². The number of nitrogens with zero attached hydrogens (tertiary/aromatic N) is 3. The molecule has 1 fully saturated rings. The van der Waals surface area contributed by atoms with Crippen molar-refractivity contribution in [1.82, 2.24) is 14.7 Å². The standard InChI is InChI=1S/C29H30N4O3/c1-20(2)33-27(34)24-14-13-23(19-25(24)28(33)35)30-29(36)32-17-15-31(16-18-32)26(21-9-5-3-6-10-21)22-11-7-4-8-12-22/h3-14,19-20,26H,15-18H2,1-2H3,(H,30,36). The molecular formula is C29H30N4O3. The van der Waals surface area contributed by atoms with E-state index in [1.165, 1.54) is 16.0 Å². The molecule has 2 aliphatic heterocycles. The van der Waals surface area contributed by atoms with Crippen LogP contribution in [0.3, 0.4) is 0 Å². The lowest BCUT2D eigenvalue weighted by molar-refractivity contribution is 0.0609. The van der Waals surface area contributed by atoms with Gasteiger partial charge in [0.15, 0.2) is 0 Å². The van der Waals surface area contributed by atoms with Crippen molar-refractivity contribution in [2.45, 2.75) is 25.9 Å². The predicted octanol–water partition coefficient (Wildman–Crippen LogP) is 4.63. The van der Waals surface area contributed by atoms with Crippen molar-refractivity contribution < 1.29 is 14.4 Å². The molecular weight excluding hydrogens is 452 g/mol. The summed E-state index contributed by atoms with van der Waals surface area (Å²) in [5.74, 6) is -0.604. The first-order valence-corrected chi connectivity index (χ1v) is 12.4. The van der Waals surface area contributed by atoms with Crippen molar-refractivity contribution in [2.75, 3.05) is 31.5 Å². The van der Waals surface area contributed by atoms with Gasteiger partial charge in [-0.15, -0.1) is 0 Å². The van der Waals surface area contributed by atoms with E-state index in [0.29, 0.717) is 29.9 Å². The molecule has 5 rings (SSSR count). The first-order valence-electron chi connectivity index (χ1n) is 12.4. The summed E-state index contributed by atoms with van der Waals surface area (Å²) in [7, 11) is 0. The summed E-state index contributed by atoms with van der Waals surface area (Å²) in [6.45, 7) is 6.27. The van der Waals surface area contributed by atoms with Crippen LogP contribution in [0.2, 0.25) is 0 Å². The minimum Gasteiger partial charge on any atom is -0.322 e. The van der Waals surface area contributed by atoms with E-state index >= 15 is 0 Å². The van der Waals surface area contributed by atoms with Gasteiger partial charge in [-0.05, 0) is 43.2 Å². The number of nitrogens with one attached hydrogen (secondary N) is 1. The Morgan fingerprint density at radius 3 is 1.86 bits per heavy atom. The second-order valence-electron chi connectivity index (χ2n) is 9.51. The third-order valence-electron chi connectivity index (χ3n) is 6.88. The van der Waals surface area contributed by atoms with Gasteiger partial charge in [0, 0.05) is 37.9 Å². The van der Waals surface area contributed by atoms with E-state index in [9.17, 15) is 14.4 Å². The highest BCUT2D eigenvalue weighted by atomic mass is 16.2. The van der Waals surface area contributed by atoms with E-state index < -0.39 is 0 Å². The fraction of sp³-hybridized carbons (Fsp3) is 0.276. The van der Waals surface area contributed by atoms with E-state index in [1.807, 2.05) is 26.0 Å². The van der Waals surface area contributed by atoms with E-state index in [4.69, 9.17) is 0 Å². The zero-order valence-electron chi connectivity index (χ0n) is 20.6. The highest BCUT2D eigenvalue weighted by Crippen LogP contribution is 2.30. The summed E-state index contributed by atoms with van der Waals surface area (Å²) in [5, 5.41) is 2.91. The number of amides is 4. The Morgan fingerprint density at radius 1 is 0.750 bits per heavy atom. The molecule has 7 nitrogen and oxygen atoms in total. The first-order chi connectivity index (χ1) is 17.4. The number of hydrogen-bond donors (Lipinski definition) is 1. The van der Waals surface area contributed by atoms with Crippen molar-refractivity contribution in [2.24, 2.45) is 0 Å². The average Bonchev–Trinajstić information content (AvgIpc) is 3.15. The van der Waals surface area contributed by atoms with Crippen molar-refractivity contribution in [1.29, 1.82) is 0 Å². The van der Waals surface area contributed by atoms with Gasteiger partial charge in [-0.2, -0.15) is 0 Å². The molecule has 0 unspecified atom stereocenters. The lowest BCUT2D eigenvalue weighted by Gasteiger charge is -2.39. The number of urea groups is 1. The number of benzene rings is 3. The van der Waals surface area contributed by atoms with Gasteiger partial charge in [0.1, 0.15) is 0 Å². The monoisotopic (exact) mass is 482 g/mol. The molecule has 4 amide bonds. The molecule has 3 aromatic carbocycles. The minimum atomic E-state index is -0.317. The maximum atomic E-state index is 13.0. The van der Waals surface area contributed by atoms with Crippen molar-refractivity contribution in [3.63, 3.8) is 0 Å². The van der Waals surface area contributed by atoms with Crippen LogP contribution in [-0.4, -0.2) is 64.8 Å². The number of carbonyl (C=O) groups is 3. The molecule has 1 N–H and O–H groups in total. The maximum absolute atomic E-state index is 13.0. The van der Waals surface area contributed by atoms with Crippen LogP contribution in [0, 0.1) is 0 Å². The van der Waals surface area contributed by atoms with Crippen LogP contribution in [0.15, 0.2) is 78.9 Å². The Hall–Kier alpha value is -3.97. The van der Waals surface area contributed by atoms with Crippen molar-refractivity contribution in [3.8, 4) is 0 Å². The van der Waals surface area contributed by atoms with Gasteiger partial charge in [-0.25, -0.2) is 4.79 Å². The molecule has 1 saturated heterocycles. The third-order valence-corrected chi connectivity index (χ3v) is 6.88. The molecule has 184 valence electrons. The second-order valence-corrected chi connectivity index (χ2v) is 9.51. The minimum absolute atomic E-state index is 0.127. The molecule has 2 heterocycles. The maximum Gasteiger partial charge on any atom is 0.321 e. The van der Waals surface area contributed by atoms with E-state index in [1.54, 1.807) is 23.1 Å². The largest absolute Gasteiger partial charge is 0.322 e. The van der Waals surface area contributed by atoms with Crippen LogP contribution in [0.4, 0.5) is 10.5 Å². The number of imide groups is 1. The molecule has 0 aromatic heterocycles. The summed E-state index contributed by atoms with van der Waals surface area (Å²) in [5.41, 5.74) is 3.70. The number of hydrogen-bond acceptors (Lipinski definition) is 4. The predicted molar refractivity (Wildman–Crippen MR) is 139 cm³/mol. The van der Waals surface area contributed by atoms with Gasteiger partial charge >= 0.3 is 6.03 Å². The molecule has 0 spiro atoms.